The molecule has 2 bridgehead atoms. The van der Waals surface area contributed by atoms with Gasteiger partial charge in [0.25, 0.3) is 0 Å². The summed E-state index contributed by atoms with van der Waals surface area (Å²) in [7, 11) is -1.95. The molecule has 2 aliphatic rings. The second kappa shape index (κ2) is 11.1. The number of rotatable bonds is 8. The zero-order valence-electron chi connectivity index (χ0n) is 21.6. The summed E-state index contributed by atoms with van der Waals surface area (Å²) in [5.74, 6) is -0.286. The first-order valence-corrected chi connectivity index (χ1v) is 15.0. The summed E-state index contributed by atoms with van der Waals surface area (Å²) in [6.07, 6.45) is 5.44. The van der Waals surface area contributed by atoms with Crippen molar-refractivity contribution >= 4 is 56.3 Å². The lowest BCUT2D eigenvalue weighted by atomic mass is 9.76. The third kappa shape index (κ3) is 5.86. The average molecular weight is 614 g/mol. The van der Waals surface area contributed by atoms with E-state index in [-0.39, 0.29) is 45.4 Å². The number of methoxy groups -OCH3 is 1. The smallest absolute Gasteiger partial charge is 0.225 e. The Morgan fingerprint density at radius 2 is 1.80 bits per heavy atom. The van der Waals surface area contributed by atoms with Crippen molar-refractivity contribution in [3.05, 3.63) is 52.3 Å². The molecule has 0 aliphatic carbocycles. The SMILES string of the molecule is COc1c(Nc2c(F)cc(CS(C)(=O)=O)cc2Cl)ncnc1NC1(N)C2COCC1CN(c1ncc(Cl)cn1)C2. The fourth-order valence-electron chi connectivity index (χ4n) is 5.01. The third-order valence-electron chi connectivity index (χ3n) is 6.88. The minimum absolute atomic E-state index is 0.0207. The molecular formula is C24H27Cl2FN8O4S. The van der Waals surface area contributed by atoms with Crippen LogP contribution in [0, 0.1) is 17.7 Å². The minimum atomic E-state index is -3.38. The number of halogens is 3. The number of nitrogens with zero attached hydrogens (tertiary/aromatic N) is 5. The Morgan fingerprint density at radius 1 is 1.15 bits per heavy atom. The average Bonchev–Trinajstić information content (AvgIpc) is 2.85. The van der Waals surface area contributed by atoms with Gasteiger partial charge >= 0.3 is 0 Å². The van der Waals surface area contributed by atoms with Crippen LogP contribution in [-0.2, 0) is 20.3 Å². The molecule has 2 fully saturated rings. The molecular weight excluding hydrogens is 586 g/mol. The van der Waals surface area contributed by atoms with Crippen molar-refractivity contribution in [2.24, 2.45) is 17.6 Å². The highest BCUT2D eigenvalue weighted by Gasteiger charge is 2.51. The topological polar surface area (TPSA) is 157 Å². The number of anilines is 4. The van der Waals surface area contributed by atoms with Crippen LogP contribution < -0.4 is 26.0 Å². The van der Waals surface area contributed by atoms with Crippen LogP contribution in [0.15, 0.2) is 30.9 Å². The maximum atomic E-state index is 15.0. The summed E-state index contributed by atoms with van der Waals surface area (Å²) in [5.41, 5.74) is 6.20. The van der Waals surface area contributed by atoms with Gasteiger partial charge in [-0.15, -0.1) is 0 Å². The number of nitrogens with one attached hydrogen (secondary N) is 2. The van der Waals surface area contributed by atoms with Gasteiger partial charge in [-0.1, -0.05) is 23.2 Å². The lowest BCUT2D eigenvalue weighted by Crippen LogP contribution is -2.72. The van der Waals surface area contributed by atoms with E-state index in [2.05, 4.69) is 30.6 Å². The summed E-state index contributed by atoms with van der Waals surface area (Å²) < 4.78 is 49.7. The number of ether oxygens (including phenoxy) is 2. The lowest BCUT2D eigenvalue weighted by molar-refractivity contribution is -0.0436. The maximum absolute atomic E-state index is 15.0. The molecule has 4 heterocycles. The Kier molecular flexibility index (Phi) is 7.90. The Hall–Kier alpha value is -3.04. The number of nitrogens with two attached hydrogens (primary N) is 1. The Labute approximate surface area is 240 Å². The molecule has 40 heavy (non-hydrogen) atoms. The molecule has 2 aliphatic heterocycles. The third-order valence-corrected chi connectivity index (χ3v) is 8.23. The zero-order chi connectivity index (χ0) is 28.7. The van der Waals surface area contributed by atoms with Crippen LogP contribution in [0.5, 0.6) is 5.75 Å². The van der Waals surface area contributed by atoms with E-state index in [0.29, 0.717) is 43.1 Å². The fraction of sp³-hybridized carbons (Fsp3) is 0.417. The highest BCUT2D eigenvalue weighted by Crippen LogP contribution is 2.41. The van der Waals surface area contributed by atoms with E-state index in [1.54, 1.807) is 12.4 Å². The molecule has 3 aromatic rings. The number of hydrogen-bond donors (Lipinski definition) is 3. The van der Waals surface area contributed by atoms with Gasteiger partial charge in [-0.2, -0.15) is 0 Å². The number of aromatic nitrogens is 4. The van der Waals surface area contributed by atoms with Gasteiger partial charge < -0.3 is 30.7 Å². The Morgan fingerprint density at radius 3 is 2.40 bits per heavy atom. The van der Waals surface area contributed by atoms with Crippen molar-refractivity contribution in [3.8, 4) is 5.75 Å². The van der Waals surface area contributed by atoms with Gasteiger partial charge in [0.2, 0.25) is 11.7 Å². The molecule has 4 N–H and O–H groups in total. The van der Waals surface area contributed by atoms with E-state index in [1.807, 2.05) is 4.90 Å². The predicted octanol–water partition coefficient (Wildman–Crippen LogP) is 2.86. The van der Waals surface area contributed by atoms with Crippen LogP contribution in [0.3, 0.4) is 0 Å². The standard InChI is InChI=1S/C24H27Cl2FN8O4S/c1-38-20-21(33-19-17(26)3-13(4-18(19)27)11-40(2,36)37)31-12-32-22(20)34-24(28)14-7-35(8-15(24)10-39-9-14)23-29-5-16(25)6-30-23/h3-6,12,14-15H,7-11,28H2,1-2H3,(H2,31,32,33,34). The summed E-state index contributed by atoms with van der Waals surface area (Å²) >= 11 is 12.3. The fourth-order valence-corrected chi connectivity index (χ4v) is 6.16. The molecule has 214 valence electrons. The number of sulfone groups is 1. The van der Waals surface area contributed by atoms with Crippen molar-refractivity contribution in [2.45, 2.75) is 11.4 Å². The largest absolute Gasteiger partial charge is 0.490 e. The van der Waals surface area contributed by atoms with Crippen LogP contribution in [0.2, 0.25) is 10.0 Å². The zero-order valence-corrected chi connectivity index (χ0v) is 23.9. The molecule has 0 radical (unpaired) electrons. The van der Waals surface area contributed by atoms with Crippen LogP contribution >= 0.6 is 23.2 Å². The van der Waals surface area contributed by atoms with Gasteiger partial charge in [0, 0.05) is 31.2 Å². The van der Waals surface area contributed by atoms with E-state index in [4.69, 9.17) is 38.4 Å². The highest BCUT2D eigenvalue weighted by molar-refractivity contribution is 7.89. The predicted molar refractivity (Wildman–Crippen MR) is 149 cm³/mol. The molecule has 2 aromatic heterocycles. The number of piperidine rings is 1. The number of hydrogen-bond acceptors (Lipinski definition) is 12. The van der Waals surface area contributed by atoms with Gasteiger partial charge in [-0.25, -0.2) is 32.7 Å². The van der Waals surface area contributed by atoms with Crippen LogP contribution in [0.25, 0.3) is 0 Å². The first kappa shape index (κ1) is 28.5. The molecule has 0 spiro atoms. The van der Waals surface area contributed by atoms with E-state index < -0.39 is 21.3 Å². The van der Waals surface area contributed by atoms with Gasteiger partial charge in [-0.05, 0) is 17.7 Å². The first-order chi connectivity index (χ1) is 19.0. The minimum Gasteiger partial charge on any atom is -0.490 e. The van der Waals surface area contributed by atoms with Crippen molar-refractivity contribution < 1.29 is 22.3 Å². The molecule has 0 amide bonds. The molecule has 5 rings (SSSR count). The van der Waals surface area contributed by atoms with E-state index in [1.165, 1.54) is 19.5 Å². The molecule has 16 heteroatoms. The summed E-state index contributed by atoms with van der Waals surface area (Å²) in [6, 6.07) is 2.49. The van der Waals surface area contributed by atoms with Crippen molar-refractivity contribution in [1.82, 2.24) is 19.9 Å². The quantitative estimate of drug-likeness (QED) is 0.320. The lowest BCUT2D eigenvalue weighted by Gasteiger charge is -2.53. The Balaban J connectivity index is 1.40. The summed E-state index contributed by atoms with van der Waals surface area (Å²) in [6.45, 7) is 1.81. The summed E-state index contributed by atoms with van der Waals surface area (Å²) in [4.78, 5) is 19.3. The molecule has 2 saturated heterocycles. The highest BCUT2D eigenvalue weighted by atomic mass is 35.5. The van der Waals surface area contributed by atoms with Gasteiger partial charge in [0.1, 0.15) is 17.8 Å². The van der Waals surface area contributed by atoms with Crippen LogP contribution in [-0.4, -0.2) is 73.7 Å². The van der Waals surface area contributed by atoms with Gasteiger partial charge in [0.15, 0.2) is 21.5 Å². The molecule has 2 unspecified atom stereocenters. The normalized spacial score (nSPS) is 22.6. The molecule has 2 atom stereocenters. The monoisotopic (exact) mass is 612 g/mol. The molecule has 0 saturated carbocycles. The van der Waals surface area contributed by atoms with Crippen molar-refractivity contribution in [1.29, 1.82) is 0 Å². The second-order valence-electron chi connectivity index (χ2n) is 9.83. The van der Waals surface area contributed by atoms with Crippen molar-refractivity contribution in [2.75, 3.05) is 55.2 Å². The second-order valence-corrected chi connectivity index (χ2v) is 12.8. The first-order valence-electron chi connectivity index (χ1n) is 12.2. The van der Waals surface area contributed by atoms with E-state index in [9.17, 15) is 12.8 Å². The van der Waals surface area contributed by atoms with E-state index >= 15 is 0 Å². The van der Waals surface area contributed by atoms with Gasteiger partial charge in [-0.3, -0.25) is 0 Å². The van der Waals surface area contributed by atoms with E-state index in [0.717, 1.165) is 12.3 Å². The van der Waals surface area contributed by atoms with Crippen molar-refractivity contribution in [3.63, 3.8) is 0 Å². The van der Waals surface area contributed by atoms with Crippen LogP contribution in [0.4, 0.5) is 27.7 Å². The van der Waals surface area contributed by atoms with Crippen LogP contribution in [0.1, 0.15) is 5.56 Å². The molecule has 1 aromatic carbocycles. The summed E-state index contributed by atoms with van der Waals surface area (Å²) in [5, 5.41) is 6.63. The number of fused-ring (bicyclic) bond motifs is 2. The maximum Gasteiger partial charge on any atom is 0.225 e. The number of benzene rings is 1. The Bertz CT molecular complexity index is 1480. The van der Waals surface area contributed by atoms with Gasteiger partial charge in [0.05, 0.1) is 54.2 Å². The molecule has 12 nitrogen and oxygen atoms in total.